The zero-order valence-corrected chi connectivity index (χ0v) is 5.77. The molecule has 0 bridgehead atoms. The van der Waals surface area contributed by atoms with Crippen molar-refractivity contribution < 1.29 is 5.11 Å². The van der Waals surface area contributed by atoms with Crippen molar-refractivity contribution >= 4 is 0 Å². The maximum atomic E-state index is 9.13. The smallest absolute Gasteiger partial charge is 0.135 e. The van der Waals surface area contributed by atoms with E-state index in [1.165, 1.54) is 0 Å². The molecule has 0 aromatic heterocycles. The van der Waals surface area contributed by atoms with Gasteiger partial charge in [-0.3, -0.25) is 0 Å². The average molecular weight is 141 g/mol. The summed E-state index contributed by atoms with van der Waals surface area (Å²) in [6.45, 7) is 0. The first-order valence-corrected chi connectivity index (χ1v) is 3.57. The molecular formula is C6H11N3O. The number of hydrogen-bond acceptors (Lipinski definition) is 2. The molecule has 0 aromatic rings. The lowest BCUT2D eigenvalue weighted by Crippen LogP contribution is -2.13. The second-order valence-electron chi connectivity index (χ2n) is 2.66. The van der Waals surface area contributed by atoms with Gasteiger partial charge in [-0.15, -0.1) is 0 Å². The molecule has 1 fully saturated rings. The molecule has 0 aromatic carbocycles. The summed E-state index contributed by atoms with van der Waals surface area (Å²) in [6.07, 6.45) is 3.53. The molecule has 0 aliphatic heterocycles. The number of aliphatic hydroxyl groups excluding tert-OH is 1. The lowest BCUT2D eigenvalue weighted by Gasteiger charge is -2.10. The van der Waals surface area contributed by atoms with Crippen molar-refractivity contribution in [3.8, 4) is 0 Å². The number of rotatable bonds is 2. The van der Waals surface area contributed by atoms with Crippen molar-refractivity contribution in [3.63, 3.8) is 0 Å². The minimum absolute atomic E-state index is 0.218. The Hall–Kier alpha value is -0.730. The van der Waals surface area contributed by atoms with Gasteiger partial charge in [0.1, 0.15) is 6.23 Å². The Bertz CT molecular complexity index is 147. The summed E-state index contributed by atoms with van der Waals surface area (Å²) in [7, 11) is 0. The Morgan fingerprint density at radius 3 is 2.60 bits per heavy atom. The highest BCUT2D eigenvalue weighted by Crippen LogP contribution is 2.27. The molecule has 0 heterocycles. The monoisotopic (exact) mass is 141 g/mol. The number of aliphatic hydroxyl groups is 1. The summed E-state index contributed by atoms with van der Waals surface area (Å²) in [6, 6.07) is 0. The SMILES string of the molecule is [N-]=[N+]=NC(O)C1CCCC1. The molecule has 1 unspecified atom stereocenters. The van der Waals surface area contributed by atoms with Gasteiger partial charge in [-0.05, 0) is 24.3 Å². The summed E-state index contributed by atoms with van der Waals surface area (Å²) in [5.41, 5.74) is 8.00. The largest absolute Gasteiger partial charge is 0.387 e. The second kappa shape index (κ2) is 3.44. The Morgan fingerprint density at radius 2 is 2.10 bits per heavy atom. The van der Waals surface area contributed by atoms with E-state index in [4.69, 9.17) is 10.6 Å². The fourth-order valence-corrected chi connectivity index (χ4v) is 1.40. The van der Waals surface area contributed by atoms with E-state index in [1.807, 2.05) is 0 Å². The van der Waals surface area contributed by atoms with E-state index in [9.17, 15) is 0 Å². The zero-order chi connectivity index (χ0) is 7.40. The minimum atomic E-state index is -0.785. The van der Waals surface area contributed by atoms with Crippen LogP contribution in [0.5, 0.6) is 0 Å². The summed E-state index contributed by atoms with van der Waals surface area (Å²) in [4.78, 5) is 2.56. The number of hydrogen-bond donors (Lipinski definition) is 1. The predicted octanol–water partition coefficient (Wildman–Crippen LogP) is 1.81. The van der Waals surface area contributed by atoms with Crippen LogP contribution in [-0.2, 0) is 0 Å². The van der Waals surface area contributed by atoms with Gasteiger partial charge in [-0.1, -0.05) is 18.0 Å². The predicted molar refractivity (Wildman–Crippen MR) is 37.1 cm³/mol. The van der Waals surface area contributed by atoms with Crippen molar-refractivity contribution in [2.24, 2.45) is 11.0 Å². The van der Waals surface area contributed by atoms with Crippen LogP contribution in [0.15, 0.2) is 5.11 Å². The van der Waals surface area contributed by atoms with Crippen LogP contribution in [0.3, 0.4) is 0 Å². The van der Waals surface area contributed by atoms with E-state index in [-0.39, 0.29) is 5.92 Å². The van der Waals surface area contributed by atoms with E-state index in [0.717, 1.165) is 25.7 Å². The van der Waals surface area contributed by atoms with E-state index in [2.05, 4.69) is 10.0 Å². The van der Waals surface area contributed by atoms with Crippen LogP contribution >= 0.6 is 0 Å². The van der Waals surface area contributed by atoms with Gasteiger partial charge in [0, 0.05) is 4.91 Å². The molecule has 10 heavy (non-hydrogen) atoms. The van der Waals surface area contributed by atoms with E-state index in [0.29, 0.717) is 0 Å². The Labute approximate surface area is 59.5 Å². The quantitative estimate of drug-likeness (QED) is 0.355. The summed E-state index contributed by atoms with van der Waals surface area (Å²) in [5.74, 6) is 0.218. The van der Waals surface area contributed by atoms with Crippen LogP contribution < -0.4 is 0 Å². The van der Waals surface area contributed by atoms with E-state index < -0.39 is 6.23 Å². The van der Waals surface area contributed by atoms with Crippen LogP contribution in [-0.4, -0.2) is 11.3 Å². The molecular weight excluding hydrogens is 130 g/mol. The third-order valence-electron chi connectivity index (χ3n) is 1.99. The van der Waals surface area contributed by atoms with Crippen molar-refractivity contribution in [2.75, 3.05) is 0 Å². The van der Waals surface area contributed by atoms with Crippen LogP contribution in [0, 0.1) is 5.92 Å². The Kier molecular flexibility index (Phi) is 2.54. The molecule has 0 saturated heterocycles. The minimum Gasteiger partial charge on any atom is -0.387 e. The summed E-state index contributed by atoms with van der Waals surface area (Å²) in [5, 5.41) is 12.4. The van der Waals surface area contributed by atoms with Crippen molar-refractivity contribution in [2.45, 2.75) is 31.9 Å². The van der Waals surface area contributed by atoms with Crippen LogP contribution in [0.2, 0.25) is 0 Å². The first kappa shape index (κ1) is 7.38. The van der Waals surface area contributed by atoms with E-state index in [1.54, 1.807) is 0 Å². The highest BCUT2D eigenvalue weighted by Gasteiger charge is 2.21. The van der Waals surface area contributed by atoms with Gasteiger partial charge in [0.15, 0.2) is 0 Å². The van der Waals surface area contributed by atoms with Gasteiger partial charge in [0.2, 0.25) is 0 Å². The van der Waals surface area contributed by atoms with Gasteiger partial charge in [-0.25, -0.2) is 0 Å². The van der Waals surface area contributed by atoms with Crippen LogP contribution in [0.1, 0.15) is 25.7 Å². The lowest BCUT2D eigenvalue weighted by molar-refractivity contribution is 0.117. The molecule has 0 amide bonds. The van der Waals surface area contributed by atoms with E-state index >= 15 is 0 Å². The molecule has 0 radical (unpaired) electrons. The molecule has 4 heteroatoms. The topological polar surface area (TPSA) is 69.0 Å². The lowest BCUT2D eigenvalue weighted by atomic mass is 10.1. The normalized spacial score (nSPS) is 22.1. The van der Waals surface area contributed by atoms with Crippen LogP contribution in [0.25, 0.3) is 10.4 Å². The standard InChI is InChI=1S/C6H11N3O/c7-9-8-6(10)5-3-1-2-4-5/h5-6,10H,1-4H2. The van der Waals surface area contributed by atoms with Gasteiger partial charge in [0.05, 0.1) is 0 Å². The first-order chi connectivity index (χ1) is 4.84. The van der Waals surface area contributed by atoms with Gasteiger partial charge in [-0.2, -0.15) is 0 Å². The van der Waals surface area contributed by atoms with Crippen molar-refractivity contribution in [1.82, 2.24) is 0 Å². The average Bonchev–Trinajstić information content (AvgIpc) is 2.38. The summed E-state index contributed by atoms with van der Waals surface area (Å²) >= 11 is 0. The molecule has 1 aliphatic carbocycles. The Morgan fingerprint density at radius 1 is 1.50 bits per heavy atom. The number of nitrogens with zero attached hydrogens (tertiary/aromatic N) is 3. The molecule has 1 N–H and O–H groups in total. The third kappa shape index (κ3) is 1.62. The maximum absolute atomic E-state index is 9.13. The fraction of sp³-hybridized carbons (Fsp3) is 1.00. The molecule has 1 aliphatic rings. The highest BCUT2D eigenvalue weighted by atomic mass is 16.3. The maximum Gasteiger partial charge on any atom is 0.135 e. The summed E-state index contributed by atoms with van der Waals surface area (Å²) < 4.78 is 0. The molecule has 1 rings (SSSR count). The Balaban J connectivity index is 2.39. The molecule has 1 saturated carbocycles. The zero-order valence-electron chi connectivity index (χ0n) is 5.77. The molecule has 4 nitrogen and oxygen atoms in total. The van der Waals surface area contributed by atoms with Crippen molar-refractivity contribution in [3.05, 3.63) is 10.4 Å². The van der Waals surface area contributed by atoms with Gasteiger partial charge >= 0.3 is 0 Å². The molecule has 1 atom stereocenters. The molecule has 0 spiro atoms. The van der Waals surface area contributed by atoms with Crippen LogP contribution in [0.4, 0.5) is 0 Å². The third-order valence-corrected chi connectivity index (χ3v) is 1.99. The van der Waals surface area contributed by atoms with Gasteiger partial charge in [0.25, 0.3) is 0 Å². The van der Waals surface area contributed by atoms with Crippen molar-refractivity contribution in [1.29, 1.82) is 0 Å². The fourth-order valence-electron chi connectivity index (χ4n) is 1.40. The number of azide groups is 1. The first-order valence-electron chi connectivity index (χ1n) is 3.57. The second-order valence-corrected chi connectivity index (χ2v) is 2.66. The highest BCUT2D eigenvalue weighted by molar-refractivity contribution is 4.72. The molecule has 56 valence electrons. The van der Waals surface area contributed by atoms with Gasteiger partial charge < -0.3 is 5.11 Å².